The van der Waals surface area contributed by atoms with Gasteiger partial charge in [-0.15, -0.1) is 0 Å². The van der Waals surface area contributed by atoms with Crippen LogP contribution in [0.1, 0.15) is 6.42 Å². The van der Waals surface area contributed by atoms with E-state index in [1.165, 1.54) is 6.33 Å². The molecular formula is C15H16N6O2. The average Bonchev–Trinajstić information content (AvgIpc) is 3.06. The number of benzene rings is 1. The summed E-state index contributed by atoms with van der Waals surface area (Å²) in [5, 5.41) is 9.91. The lowest BCUT2D eigenvalue weighted by molar-refractivity contribution is -0.121. The molecule has 2 N–H and O–H groups in total. The van der Waals surface area contributed by atoms with Crippen molar-refractivity contribution in [2.75, 3.05) is 19.0 Å². The second-order valence-electron chi connectivity index (χ2n) is 4.72. The van der Waals surface area contributed by atoms with Gasteiger partial charge in [0, 0.05) is 18.9 Å². The van der Waals surface area contributed by atoms with Crippen molar-refractivity contribution in [2.24, 2.45) is 0 Å². The predicted octanol–water partition coefficient (Wildman–Crippen LogP) is 1.38. The average molecular weight is 312 g/mol. The third kappa shape index (κ3) is 3.54. The maximum Gasteiger partial charge on any atom is 0.254 e. The summed E-state index contributed by atoms with van der Waals surface area (Å²) in [7, 11) is 1.61. The van der Waals surface area contributed by atoms with Gasteiger partial charge in [0.15, 0.2) is 0 Å². The van der Waals surface area contributed by atoms with Gasteiger partial charge < -0.3 is 15.4 Å². The van der Waals surface area contributed by atoms with Crippen LogP contribution in [-0.2, 0) is 4.79 Å². The number of nitrogens with zero attached hydrogens (tertiary/aromatic N) is 4. The molecule has 3 rings (SSSR count). The van der Waals surface area contributed by atoms with E-state index in [2.05, 4.69) is 25.7 Å². The summed E-state index contributed by atoms with van der Waals surface area (Å²) >= 11 is 0. The van der Waals surface area contributed by atoms with Gasteiger partial charge in [0.05, 0.1) is 13.0 Å². The largest absolute Gasteiger partial charge is 0.493 e. The first-order valence-electron chi connectivity index (χ1n) is 7.11. The van der Waals surface area contributed by atoms with E-state index in [-0.39, 0.29) is 5.91 Å². The van der Waals surface area contributed by atoms with Gasteiger partial charge in [-0.3, -0.25) is 4.79 Å². The van der Waals surface area contributed by atoms with Crippen molar-refractivity contribution in [1.29, 1.82) is 0 Å². The number of carbonyl (C=O) groups excluding carboxylic acids is 1. The van der Waals surface area contributed by atoms with Gasteiger partial charge in [-0.2, -0.15) is 14.6 Å². The number of aromatic nitrogens is 4. The molecule has 2 heterocycles. The van der Waals surface area contributed by atoms with E-state index in [0.717, 1.165) is 11.5 Å². The van der Waals surface area contributed by atoms with Crippen LogP contribution in [0, 0.1) is 0 Å². The highest BCUT2D eigenvalue weighted by Gasteiger charge is 2.04. The van der Waals surface area contributed by atoms with Crippen molar-refractivity contribution in [1.82, 2.24) is 24.9 Å². The Morgan fingerprint density at radius 2 is 2.04 bits per heavy atom. The topological polar surface area (TPSA) is 93.4 Å². The van der Waals surface area contributed by atoms with Gasteiger partial charge in [-0.1, -0.05) is 0 Å². The van der Waals surface area contributed by atoms with Crippen LogP contribution < -0.4 is 15.4 Å². The fourth-order valence-electron chi connectivity index (χ4n) is 2.00. The fourth-order valence-corrected chi connectivity index (χ4v) is 2.00. The van der Waals surface area contributed by atoms with Gasteiger partial charge >= 0.3 is 0 Å². The molecule has 0 unspecified atom stereocenters. The molecule has 8 heteroatoms. The van der Waals surface area contributed by atoms with Gasteiger partial charge in [0.2, 0.25) is 5.91 Å². The zero-order chi connectivity index (χ0) is 16.1. The molecule has 1 amide bonds. The van der Waals surface area contributed by atoms with E-state index in [1.807, 2.05) is 30.3 Å². The van der Waals surface area contributed by atoms with Crippen molar-refractivity contribution >= 4 is 23.2 Å². The summed E-state index contributed by atoms with van der Waals surface area (Å²) < 4.78 is 7.13. The Balaban J connectivity index is 1.63. The minimum Gasteiger partial charge on any atom is -0.493 e. The Labute approximate surface area is 132 Å². The molecule has 8 nitrogen and oxygen atoms in total. The molecule has 0 saturated carbocycles. The molecule has 0 aliphatic carbocycles. The highest BCUT2D eigenvalue weighted by Crippen LogP contribution is 2.19. The smallest absolute Gasteiger partial charge is 0.254 e. The molecule has 1 aromatic carbocycles. The second kappa shape index (κ2) is 6.73. The molecule has 3 aromatic rings. The Kier molecular flexibility index (Phi) is 4.32. The quantitative estimate of drug-likeness (QED) is 0.714. The lowest BCUT2D eigenvalue weighted by atomic mass is 10.3. The number of nitrogens with one attached hydrogen (secondary N) is 2. The molecule has 0 aliphatic rings. The van der Waals surface area contributed by atoms with Crippen molar-refractivity contribution in [3.8, 4) is 5.75 Å². The van der Waals surface area contributed by atoms with E-state index < -0.39 is 0 Å². The van der Waals surface area contributed by atoms with Crippen LogP contribution in [0.4, 0.5) is 11.5 Å². The third-order valence-corrected chi connectivity index (χ3v) is 3.18. The Bertz CT molecular complexity index is 799. The number of fused-ring (bicyclic) bond motifs is 1. The molecule has 0 aliphatic heterocycles. The molecule has 0 atom stereocenters. The highest BCUT2D eigenvalue weighted by molar-refractivity contribution is 5.75. The second-order valence-corrected chi connectivity index (χ2v) is 4.72. The summed E-state index contributed by atoms with van der Waals surface area (Å²) in [5.41, 5.74) is 0.881. The molecule has 0 radical (unpaired) electrons. The minimum absolute atomic E-state index is 0.0437. The van der Waals surface area contributed by atoms with Gasteiger partial charge in [-0.25, -0.2) is 4.98 Å². The summed E-state index contributed by atoms with van der Waals surface area (Å²) in [5.74, 6) is 1.96. The van der Waals surface area contributed by atoms with E-state index in [9.17, 15) is 4.79 Å². The van der Waals surface area contributed by atoms with E-state index in [1.54, 1.807) is 17.8 Å². The lowest BCUT2D eigenvalue weighted by Gasteiger charge is -2.09. The van der Waals surface area contributed by atoms with Crippen LogP contribution in [-0.4, -0.2) is 39.1 Å². The first-order chi connectivity index (χ1) is 11.3. The number of hydrogen-bond donors (Lipinski definition) is 2. The Hall–Kier alpha value is -3.16. The SMILES string of the molecule is CNC(=O)CCOc1ccc(Nc2ccnc3ncnn23)cc1. The summed E-state index contributed by atoms with van der Waals surface area (Å²) in [6.45, 7) is 0.344. The summed E-state index contributed by atoms with van der Waals surface area (Å²) in [4.78, 5) is 19.3. The maximum absolute atomic E-state index is 11.1. The maximum atomic E-state index is 11.1. The number of hydrogen-bond acceptors (Lipinski definition) is 6. The van der Waals surface area contributed by atoms with Gasteiger partial charge in [0.25, 0.3) is 5.78 Å². The van der Waals surface area contributed by atoms with Crippen LogP contribution in [0.15, 0.2) is 42.9 Å². The van der Waals surface area contributed by atoms with E-state index in [0.29, 0.717) is 24.6 Å². The highest BCUT2D eigenvalue weighted by atomic mass is 16.5. The monoisotopic (exact) mass is 312 g/mol. The molecule has 2 aromatic heterocycles. The molecule has 0 bridgehead atoms. The number of amides is 1. The molecule has 0 spiro atoms. The normalized spacial score (nSPS) is 10.5. The Morgan fingerprint density at radius 3 is 2.83 bits per heavy atom. The van der Waals surface area contributed by atoms with Crippen molar-refractivity contribution < 1.29 is 9.53 Å². The zero-order valence-corrected chi connectivity index (χ0v) is 12.6. The third-order valence-electron chi connectivity index (χ3n) is 3.18. The summed E-state index contributed by atoms with van der Waals surface area (Å²) in [6.07, 6.45) is 3.46. The van der Waals surface area contributed by atoms with Crippen molar-refractivity contribution in [3.63, 3.8) is 0 Å². The molecule has 118 valence electrons. The van der Waals surface area contributed by atoms with Crippen molar-refractivity contribution in [2.45, 2.75) is 6.42 Å². The van der Waals surface area contributed by atoms with Crippen LogP contribution in [0.2, 0.25) is 0 Å². The molecular weight excluding hydrogens is 296 g/mol. The molecule has 23 heavy (non-hydrogen) atoms. The first-order valence-corrected chi connectivity index (χ1v) is 7.11. The van der Waals surface area contributed by atoms with Gasteiger partial charge in [0.1, 0.15) is 17.9 Å². The zero-order valence-electron chi connectivity index (χ0n) is 12.6. The Morgan fingerprint density at radius 1 is 1.22 bits per heavy atom. The lowest BCUT2D eigenvalue weighted by Crippen LogP contribution is -2.20. The van der Waals surface area contributed by atoms with E-state index >= 15 is 0 Å². The standard InChI is InChI=1S/C15H16N6O2/c1-16-14(22)7-9-23-12-4-2-11(3-5-12)20-13-6-8-17-15-18-10-19-21(13)15/h2-6,8,10,20H,7,9H2,1H3,(H,16,22). The predicted molar refractivity (Wildman–Crippen MR) is 84.7 cm³/mol. The van der Waals surface area contributed by atoms with Crippen LogP contribution in [0.3, 0.4) is 0 Å². The number of anilines is 2. The van der Waals surface area contributed by atoms with Crippen LogP contribution >= 0.6 is 0 Å². The molecule has 0 fully saturated rings. The first kappa shape index (κ1) is 14.8. The van der Waals surface area contributed by atoms with Crippen LogP contribution in [0.5, 0.6) is 5.75 Å². The fraction of sp³-hybridized carbons (Fsp3) is 0.200. The minimum atomic E-state index is -0.0437. The number of rotatable bonds is 6. The van der Waals surface area contributed by atoms with Gasteiger partial charge in [-0.05, 0) is 30.3 Å². The number of carbonyl (C=O) groups is 1. The van der Waals surface area contributed by atoms with Crippen molar-refractivity contribution in [3.05, 3.63) is 42.9 Å². The summed E-state index contributed by atoms with van der Waals surface area (Å²) in [6, 6.07) is 9.27. The van der Waals surface area contributed by atoms with E-state index in [4.69, 9.17) is 4.74 Å². The molecule has 0 saturated heterocycles. The van der Waals surface area contributed by atoms with Crippen LogP contribution in [0.25, 0.3) is 5.78 Å². The number of ether oxygens (including phenoxy) is 1.